The molecule has 0 aliphatic heterocycles. The minimum absolute atomic E-state index is 0.142. The Hall–Kier alpha value is -2.37. The first kappa shape index (κ1) is 22.9. The van der Waals surface area contributed by atoms with Crippen LogP contribution >= 0.6 is 22.6 Å². The van der Waals surface area contributed by atoms with Crippen molar-refractivity contribution in [2.75, 3.05) is 11.9 Å². The second-order valence-corrected chi connectivity index (χ2v) is 8.05. The molecule has 2 aromatic rings. The number of ether oxygens (including phenoxy) is 1. The molecular weight excluding hydrogens is 497 g/mol. The smallest absolute Gasteiger partial charge is 0.299 e. The molecule has 0 aliphatic rings. The quantitative estimate of drug-likeness (QED) is 0.389. The van der Waals surface area contributed by atoms with Crippen molar-refractivity contribution in [3.05, 3.63) is 47.8 Å². The fraction of sp³-hybridized carbons (Fsp3) is 0.368. The van der Waals surface area contributed by atoms with E-state index in [0.29, 0.717) is 16.9 Å². The molecule has 0 spiro atoms. The van der Waals surface area contributed by atoms with E-state index in [4.69, 9.17) is 4.74 Å². The Morgan fingerprint density at radius 2 is 2.00 bits per heavy atom. The molecule has 0 fully saturated rings. The zero-order chi connectivity index (χ0) is 21.4. The number of rotatable bonds is 9. The topological polar surface area (TPSA) is 93.2 Å². The number of nitrogens with one attached hydrogen (secondary N) is 2. The van der Waals surface area contributed by atoms with Gasteiger partial charge < -0.3 is 15.4 Å². The highest BCUT2D eigenvalue weighted by Crippen LogP contribution is 2.26. The lowest BCUT2D eigenvalue weighted by atomic mass is 10.2. The summed E-state index contributed by atoms with van der Waals surface area (Å²) in [4.78, 5) is 32.1. The summed E-state index contributed by atoms with van der Waals surface area (Å²) in [5, 5.41) is 5.38. The molecule has 0 aromatic carbocycles. The summed E-state index contributed by atoms with van der Waals surface area (Å²) in [6.07, 6.45) is 2.54. The molecule has 29 heavy (non-hydrogen) atoms. The van der Waals surface area contributed by atoms with Crippen molar-refractivity contribution in [2.24, 2.45) is 5.92 Å². The van der Waals surface area contributed by atoms with Gasteiger partial charge in [0.1, 0.15) is 5.82 Å². The van der Waals surface area contributed by atoms with E-state index in [1.54, 1.807) is 32.0 Å². The predicted octanol–water partition coefficient (Wildman–Crippen LogP) is 3.80. The fourth-order valence-electron chi connectivity index (χ4n) is 2.07. The molecule has 2 N–H and O–H groups in total. The van der Waals surface area contributed by atoms with Crippen LogP contribution in [0.5, 0.6) is 5.88 Å². The number of carbonyl (C=O) groups excluding carboxylic acids is 2. The van der Waals surface area contributed by atoms with Crippen molar-refractivity contribution < 1.29 is 23.1 Å². The maximum atomic E-state index is 12.7. The van der Waals surface area contributed by atoms with E-state index in [1.807, 2.05) is 0 Å². The fourth-order valence-corrected chi connectivity index (χ4v) is 2.29. The van der Waals surface area contributed by atoms with Crippen LogP contribution in [-0.2, 0) is 11.3 Å². The maximum Gasteiger partial charge on any atom is 0.299 e. The van der Waals surface area contributed by atoms with Crippen LogP contribution < -0.4 is 15.4 Å². The minimum atomic E-state index is -2.81. The molecule has 156 valence electrons. The lowest BCUT2D eigenvalue weighted by Gasteiger charge is -2.10. The van der Waals surface area contributed by atoms with Gasteiger partial charge in [-0.15, -0.1) is 0 Å². The van der Waals surface area contributed by atoms with Crippen LogP contribution in [-0.4, -0.2) is 32.3 Å². The maximum absolute atomic E-state index is 12.7. The highest BCUT2D eigenvalue weighted by molar-refractivity contribution is 14.1. The molecule has 0 saturated carbocycles. The van der Waals surface area contributed by atoms with Crippen LogP contribution in [0.15, 0.2) is 36.7 Å². The molecular formula is C19H21F2IN4O3. The number of pyridine rings is 2. The average molecular weight is 518 g/mol. The van der Waals surface area contributed by atoms with Gasteiger partial charge in [0.2, 0.25) is 11.8 Å². The Morgan fingerprint density at radius 3 is 2.62 bits per heavy atom. The molecule has 10 heteroatoms. The van der Waals surface area contributed by atoms with Crippen LogP contribution in [0.4, 0.5) is 14.6 Å². The first-order chi connectivity index (χ1) is 13.6. The normalized spacial score (nSPS) is 11.2. The van der Waals surface area contributed by atoms with E-state index in [0.717, 1.165) is 22.6 Å². The Balaban J connectivity index is 1.86. The van der Waals surface area contributed by atoms with Crippen molar-refractivity contribution >= 4 is 40.2 Å². The van der Waals surface area contributed by atoms with Gasteiger partial charge in [0, 0.05) is 36.5 Å². The standard InChI is InChI=1S/C19H21F2IN4O3/c1-12(2)17(27)26-15-9-14(5-7-23-15)18(28)25-11-13-3-4-16(24-10-13)29-8-6-19(20,21)22/h3-5,7,9-10,12H,6,8,11H2,1-2H3,(H,25,28)(H,23,26,27). The van der Waals surface area contributed by atoms with E-state index in [1.165, 1.54) is 18.5 Å². The third-order valence-electron chi connectivity index (χ3n) is 3.68. The second-order valence-electron chi connectivity index (χ2n) is 6.47. The molecule has 0 radical (unpaired) electrons. The molecule has 7 nitrogen and oxygen atoms in total. The molecule has 0 aliphatic carbocycles. The monoisotopic (exact) mass is 518 g/mol. The number of hydrogen-bond acceptors (Lipinski definition) is 5. The Kier molecular flexibility index (Phi) is 8.23. The summed E-state index contributed by atoms with van der Waals surface area (Å²) >= 11 is 1.06. The average Bonchev–Trinajstić information content (AvgIpc) is 2.66. The van der Waals surface area contributed by atoms with E-state index in [9.17, 15) is 18.4 Å². The summed E-state index contributed by atoms with van der Waals surface area (Å²) in [6.45, 7) is 3.59. The first-order valence-corrected chi connectivity index (χ1v) is 9.91. The van der Waals surface area contributed by atoms with Crippen LogP contribution in [0.25, 0.3) is 0 Å². The van der Waals surface area contributed by atoms with Crippen LogP contribution in [0.1, 0.15) is 36.2 Å². The largest absolute Gasteiger partial charge is 0.477 e. The van der Waals surface area contributed by atoms with Gasteiger partial charge in [0.05, 0.1) is 13.0 Å². The van der Waals surface area contributed by atoms with Gasteiger partial charge in [-0.3, -0.25) is 9.59 Å². The van der Waals surface area contributed by atoms with Gasteiger partial charge >= 0.3 is 0 Å². The Morgan fingerprint density at radius 1 is 1.24 bits per heavy atom. The minimum Gasteiger partial charge on any atom is -0.477 e. The van der Waals surface area contributed by atoms with Gasteiger partial charge in [-0.25, -0.2) is 9.97 Å². The Bertz CT molecular complexity index is 842. The number of aromatic nitrogens is 2. The number of alkyl halides is 3. The molecule has 0 atom stereocenters. The number of nitrogens with zero attached hydrogens (tertiary/aromatic N) is 2. The van der Waals surface area contributed by atoms with E-state index in [2.05, 4.69) is 20.6 Å². The summed E-state index contributed by atoms with van der Waals surface area (Å²) in [5.74, 6) is -0.188. The summed E-state index contributed by atoms with van der Waals surface area (Å²) in [6, 6.07) is 6.27. The van der Waals surface area contributed by atoms with Gasteiger partial charge in [-0.05, 0) is 40.3 Å². The molecule has 2 rings (SSSR count). The van der Waals surface area contributed by atoms with Crippen molar-refractivity contribution in [1.29, 1.82) is 0 Å². The number of anilines is 1. The first-order valence-electron chi connectivity index (χ1n) is 8.83. The predicted molar refractivity (Wildman–Crippen MR) is 112 cm³/mol. The van der Waals surface area contributed by atoms with Crippen molar-refractivity contribution in [3.63, 3.8) is 0 Å². The van der Waals surface area contributed by atoms with Gasteiger partial charge in [0.25, 0.3) is 9.84 Å². The zero-order valence-electron chi connectivity index (χ0n) is 15.9. The molecule has 0 saturated heterocycles. The molecule has 2 aromatic heterocycles. The van der Waals surface area contributed by atoms with Crippen molar-refractivity contribution in [1.82, 2.24) is 15.3 Å². The van der Waals surface area contributed by atoms with Crippen LogP contribution in [0.2, 0.25) is 0 Å². The summed E-state index contributed by atoms with van der Waals surface area (Å²) in [5.41, 5.74) is 1.07. The van der Waals surface area contributed by atoms with Gasteiger partial charge in [-0.2, -0.15) is 8.78 Å². The van der Waals surface area contributed by atoms with Gasteiger partial charge in [-0.1, -0.05) is 19.9 Å². The van der Waals surface area contributed by atoms with Crippen LogP contribution in [0.3, 0.4) is 0 Å². The molecule has 0 bridgehead atoms. The van der Waals surface area contributed by atoms with Crippen molar-refractivity contribution in [2.45, 2.75) is 30.7 Å². The highest BCUT2D eigenvalue weighted by Gasteiger charge is 2.23. The second kappa shape index (κ2) is 10.4. The zero-order valence-corrected chi connectivity index (χ0v) is 18.1. The SMILES string of the molecule is CC(C)C(=O)Nc1cc(C(=O)NCc2ccc(OCCC(F)(F)I)nc2)ccn1. The summed E-state index contributed by atoms with van der Waals surface area (Å²) < 4.78 is 27.9. The third-order valence-corrected chi connectivity index (χ3v) is 4.22. The number of halogens is 3. The van der Waals surface area contributed by atoms with E-state index >= 15 is 0 Å². The van der Waals surface area contributed by atoms with Crippen molar-refractivity contribution in [3.8, 4) is 5.88 Å². The lowest BCUT2D eigenvalue weighted by molar-refractivity contribution is -0.118. The molecule has 0 unspecified atom stereocenters. The number of carbonyl (C=O) groups is 2. The molecule has 2 amide bonds. The Labute approximate surface area is 180 Å². The lowest BCUT2D eigenvalue weighted by Crippen LogP contribution is -2.23. The third kappa shape index (κ3) is 8.26. The number of amides is 2. The van der Waals surface area contributed by atoms with Gasteiger partial charge in [0.15, 0.2) is 0 Å². The highest BCUT2D eigenvalue weighted by atomic mass is 127. The molecule has 2 heterocycles. The van der Waals surface area contributed by atoms with E-state index in [-0.39, 0.29) is 36.8 Å². The van der Waals surface area contributed by atoms with Crippen LogP contribution in [0, 0.1) is 5.92 Å². The summed E-state index contributed by atoms with van der Waals surface area (Å²) in [7, 11) is 0. The number of hydrogen-bond donors (Lipinski definition) is 2. The van der Waals surface area contributed by atoms with E-state index < -0.39 is 10.4 Å².